The smallest absolute Gasteiger partial charge is 0.110 e. The SMILES string of the molecule is CC.C[C@@H]1OC[C@@H](O)[C@H](O)[C@H]1O. The quantitative estimate of drug-likeness (QED) is 0.468. The van der Waals surface area contributed by atoms with Gasteiger partial charge < -0.3 is 20.1 Å². The average molecular weight is 178 g/mol. The standard InChI is InChI=1S/C6H12O4.C2H6/c1-3-5(8)6(9)4(7)2-10-3;1-2/h3-9H,2H2,1H3;1-2H3/t3-,4+,5-,6-;/m0./s1. The van der Waals surface area contributed by atoms with Gasteiger partial charge in [0.1, 0.15) is 18.3 Å². The maximum absolute atomic E-state index is 9.08. The van der Waals surface area contributed by atoms with Crippen LogP contribution in [0.15, 0.2) is 0 Å². The van der Waals surface area contributed by atoms with Gasteiger partial charge >= 0.3 is 0 Å². The molecule has 0 aromatic heterocycles. The molecule has 0 radical (unpaired) electrons. The highest BCUT2D eigenvalue weighted by atomic mass is 16.5. The summed E-state index contributed by atoms with van der Waals surface area (Å²) in [6, 6.07) is 0. The zero-order valence-corrected chi connectivity index (χ0v) is 7.77. The lowest BCUT2D eigenvalue weighted by molar-refractivity contribution is -0.181. The van der Waals surface area contributed by atoms with Gasteiger partial charge in [-0.3, -0.25) is 0 Å². The monoisotopic (exact) mass is 178 g/mol. The van der Waals surface area contributed by atoms with Gasteiger partial charge in [0.25, 0.3) is 0 Å². The summed E-state index contributed by atoms with van der Waals surface area (Å²) in [5, 5.41) is 27.0. The summed E-state index contributed by atoms with van der Waals surface area (Å²) in [6.45, 7) is 5.75. The van der Waals surface area contributed by atoms with E-state index in [9.17, 15) is 0 Å². The Morgan fingerprint density at radius 1 is 1.08 bits per heavy atom. The van der Waals surface area contributed by atoms with Crippen LogP contribution in [-0.2, 0) is 4.74 Å². The van der Waals surface area contributed by atoms with Gasteiger partial charge in [0.05, 0.1) is 12.7 Å². The normalized spacial score (nSPS) is 41.5. The van der Waals surface area contributed by atoms with E-state index in [-0.39, 0.29) is 6.61 Å². The fourth-order valence-electron chi connectivity index (χ4n) is 0.953. The number of hydrogen-bond donors (Lipinski definition) is 3. The number of aliphatic hydroxyl groups excluding tert-OH is 3. The van der Waals surface area contributed by atoms with Crippen LogP contribution in [0.2, 0.25) is 0 Å². The third kappa shape index (κ3) is 2.71. The molecule has 0 aliphatic carbocycles. The van der Waals surface area contributed by atoms with Gasteiger partial charge in [0.2, 0.25) is 0 Å². The fraction of sp³-hybridized carbons (Fsp3) is 1.00. The molecule has 0 unspecified atom stereocenters. The molecular formula is C8H18O4. The molecular weight excluding hydrogens is 160 g/mol. The van der Waals surface area contributed by atoms with E-state index in [0.717, 1.165) is 0 Å². The molecule has 1 aliphatic heterocycles. The maximum Gasteiger partial charge on any atom is 0.110 e. The van der Waals surface area contributed by atoms with Crippen LogP contribution in [0, 0.1) is 0 Å². The molecule has 1 aliphatic rings. The van der Waals surface area contributed by atoms with Crippen molar-refractivity contribution in [2.45, 2.75) is 45.2 Å². The Morgan fingerprint density at radius 2 is 1.58 bits per heavy atom. The molecule has 1 rings (SSSR count). The van der Waals surface area contributed by atoms with Crippen LogP contribution in [0.5, 0.6) is 0 Å². The van der Waals surface area contributed by atoms with Gasteiger partial charge in [-0.25, -0.2) is 0 Å². The summed E-state index contributed by atoms with van der Waals surface area (Å²) in [6.07, 6.45) is -3.38. The molecule has 1 saturated heterocycles. The summed E-state index contributed by atoms with van der Waals surface area (Å²) in [5.74, 6) is 0. The summed E-state index contributed by atoms with van der Waals surface area (Å²) in [7, 11) is 0. The molecule has 4 nitrogen and oxygen atoms in total. The van der Waals surface area contributed by atoms with Gasteiger partial charge in [0.15, 0.2) is 0 Å². The highest BCUT2D eigenvalue weighted by Gasteiger charge is 2.34. The van der Waals surface area contributed by atoms with Crippen molar-refractivity contribution in [3.63, 3.8) is 0 Å². The van der Waals surface area contributed by atoms with Crippen LogP contribution in [0.4, 0.5) is 0 Å². The van der Waals surface area contributed by atoms with Gasteiger partial charge in [-0.05, 0) is 6.92 Å². The van der Waals surface area contributed by atoms with Crippen LogP contribution < -0.4 is 0 Å². The third-order valence-corrected chi connectivity index (χ3v) is 1.75. The largest absolute Gasteiger partial charge is 0.388 e. The van der Waals surface area contributed by atoms with Crippen molar-refractivity contribution >= 4 is 0 Å². The number of rotatable bonds is 0. The first-order valence-electron chi connectivity index (χ1n) is 4.28. The number of ether oxygens (including phenoxy) is 1. The summed E-state index contributed by atoms with van der Waals surface area (Å²) in [5.41, 5.74) is 0. The predicted molar refractivity (Wildman–Crippen MR) is 44.8 cm³/mol. The summed E-state index contributed by atoms with van der Waals surface area (Å²) in [4.78, 5) is 0. The minimum atomic E-state index is -1.07. The molecule has 4 heteroatoms. The molecule has 0 bridgehead atoms. The Bertz CT molecular complexity index is 104. The molecule has 1 fully saturated rings. The lowest BCUT2D eigenvalue weighted by Gasteiger charge is -2.33. The van der Waals surface area contributed by atoms with Crippen LogP contribution >= 0.6 is 0 Å². The molecule has 74 valence electrons. The molecule has 0 saturated carbocycles. The zero-order chi connectivity index (χ0) is 9.72. The maximum atomic E-state index is 9.08. The van der Waals surface area contributed by atoms with Gasteiger partial charge in [-0.15, -0.1) is 0 Å². The van der Waals surface area contributed by atoms with Crippen molar-refractivity contribution in [1.29, 1.82) is 0 Å². The molecule has 0 aromatic carbocycles. The molecule has 4 atom stereocenters. The van der Waals surface area contributed by atoms with E-state index in [0.29, 0.717) is 0 Å². The fourth-order valence-corrected chi connectivity index (χ4v) is 0.953. The lowest BCUT2D eigenvalue weighted by Crippen LogP contribution is -2.51. The summed E-state index contributed by atoms with van der Waals surface area (Å²) >= 11 is 0. The first-order valence-corrected chi connectivity index (χ1v) is 4.28. The third-order valence-electron chi connectivity index (χ3n) is 1.75. The molecule has 3 N–H and O–H groups in total. The highest BCUT2D eigenvalue weighted by molar-refractivity contribution is 4.83. The molecule has 0 aromatic rings. The minimum Gasteiger partial charge on any atom is -0.388 e. The van der Waals surface area contributed by atoms with E-state index in [1.54, 1.807) is 6.92 Å². The van der Waals surface area contributed by atoms with E-state index in [2.05, 4.69) is 0 Å². The summed E-state index contributed by atoms with van der Waals surface area (Å²) < 4.78 is 4.91. The van der Waals surface area contributed by atoms with Crippen LogP contribution in [0.25, 0.3) is 0 Å². The van der Waals surface area contributed by atoms with Crippen LogP contribution in [0.3, 0.4) is 0 Å². The van der Waals surface area contributed by atoms with Gasteiger partial charge in [-0.2, -0.15) is 0 Å². The van der Waals surface area contributed by atoms with E-state index >= 15 is 0 Å². The van der Waals surface area contributed by atoms with Crippen molar-refractivity contribution in [2.24, 2.45) is 0 Å². The van der Waals surface area contributed by atoms with E-state index in [4.69, 9.17) is 20.1 Å². The van der Waals surface area contributed by atoms with E-state index in [1.165, 1.54) is 0 Å². The molecule has 12 heavy (non-hydrogen) atoms. The number of hydrogen-bond acceptors (Lipinski definition) is 4. The van der Waals surface area contributed by atoms with Crippen molar-refractivity contribution in [3.05, 3.63) is 0 Å². The molecule has 1 heterocycles. The molecule has 0 spiro atoms. The zero-order valence-electron chi connectivity index (χ0n) is 7.77. The highest BCUT2D eigenvalue weighted by Crippen LogP contribution is 2.14. The first kappa shape index (κ1) is 11.8. The van der Waals surface area contributed by atoms with Crippen molar-refractivity contribution in [2.75, 3.05) is 6.61 Å². The lowest BCUT2D eigenvalue weighted by atomic mass is 10.0. The second-order valence-electron chi connectivity index (χ2n) is 2.59. The van der Waals surface area contributed by atoms with Crippen LogP contribution in [0.1, 0.15) is 20.8 Å². The van der Waals surface area contributed by atoms with Crippen molar-refractivity contribution in [1.82, 2.24) is 0 Å². The van der Waals surface area contributed by atoms with Gasteiger partial charge in [0, 0.05) is 0 Å². The number of aliphatic hydroxyl groups is 3. The topological polar surface area (TPSA) is 69.9 Å². The second kappa shape index (κ2) is 5.48. The van der Waals surface area contributed by atoms with E-state index < -0.39 is 24.4 Å². The molecule has 0 amide bonds. The Labute approximate surface area is 72.8 Å². The minimum absolute atomic E-state index is 0.0966. The van der Waals surface area contributed by atoms with Gasteiger partial charge in [-0.1, -0.05) is 13.8 Å². The Kier molecular flexibility index (Phi) is 5.41. The second-order valence-corrected chi connectivity index (χ2v) is 2.59. The predicted octanol–water partition coefficient (Wildman–Crippen LogP) is -0.486. The first-order chi connectivity index (χ1) is 5.63. The van der Waals surface area contributed by atoms with E-state index in [1.807, 2.05) is 13.8 Å². The van der Waals surface area contributed by atoms with Crippen molar-refractivity contribution < 1.29 is 20.1 Å². The Hall–Kier alpha value is -0.160. The van der Waals surface area contributed by atoms with Crippen LogP contribution in [-0.4, -0.2) is 46.3 Å². The Morgan fingerprint density at radius 3 is 2.00 bits per heavy atom. The van der Waals surface area contributed by atoms with Crippen molar-refractivity contribution in [3.8, 4) is 0 Å². The Balaban J connectivity index is 0.000000561. The average Bonchev–Trinajstić information content (AvgIpc) is 2.12.